The number of amides is 1. The molecule has 4 heteroatoms. The van der Waals surface area contributed by atoms with Crippen molar-refractivity contribution in [3.63, 3.8) is 0 Å². The smallest absolute Gasteiger partial charge is 0.264 e. The number of nitriles is 1. The molecule has 0 atom stereocenters. The third-order valence-electron chi connectivity index (χ3n) is 3.95. The molecular weight excluding hydrogens is 262 g/mol. The summed E-state index contributed by atoms with van der Waals surface area (Å²) in [6.07, 6.45) is 2.77. The Balaban J connectivity index is 2.30. The standard InChI is InChI=1S/C17H23N3O/c1-12(2)11-20-13(3)8-15(14(20)4)9-16(10-18)17(21)19-6-5-7-19/h8-9,12H,5-7,11H2,1-4H3/b16-9+. The molecule has 0 saturated carbocycles. The maximum Gasteiger partial charge on any atom is 0.264 e. The van der Waals surface area contributed by atoms with Crippen molar-refractivity contribution in [3.8, 4) is 6.07 Å². The summed E-state index contributed by atoms with van der Waals surface area (Å²) in [6, 6.07) is 4.11. The molecular formula is C17H23N3O. The molecule has 2 heterocycles. The van der Waals surface area contributed by atoms with Gasteiger partial charge in [0, 0.05) is 31.0 Å². The third kappa shape index (κ3) is 3.18. The van der Waals surface area contributed by atoms with Crippen LogP contribution in [0.3, 0.4) is 0 Å². The molecule has 1 fully saturated rings. The monoisotopic (exact) mass is 285 g/mol. The Morgan fingerprint density at radius 1 is 1.43 bits per heavy atom. The van der Waals surface area contributed by atoms with Crippen molar-refractivity contribution in [2.45, 2.75) is 40.7 Å². The van der Waals surface area contributed by atoms with Crippen LogP contribution in [-0.2, 0) is 11.3 Å². The van der Waals surface area contributed by atoms with E-state index in [4.69, 9.17) is 0 Å². The zero-order valence-corrected chi connectivity index (χ0v) is 13.3. The van der Waals surface area contributed by atoms with Crippen molar-refractivity contribution in [3.05, 3.63) is 28.6 Å². The topological polar surface area (TPSA) is 49.0 Å². The van der Waals surface area contributed by atoms with E-state index in [-0.39, 0.29) is 11.5 Å². The molecule has 1 amide bonds. The number of aromatic nitrogens is 1. The molecule has 112 valence electrons. The summed E-state index contributed by atoms with van der Waals surface area (Å²) in [5.74, 6) is 0.419. The second kappa shape index (κ2) is 6.17. The fraction of sp³-hybridized carbons (Fsp3) is 0.529. The van der Waals surface area contributed by atoms with Gasteiger partial charge in [0.2, 0.25) is 0 Å². The zero-order chi connectivity index (χ0) is 15.6. The molecule has 2 rings (SSSR count). The van der Waals surface area contributed by atoms with E-state index >= 15 is 0 Å². The molecule has 1 aliphatic rings. The normalized spacial score (nSPS) is 15.0. The molecule has 0 radical (unpaired) electrons. The summed E-state index contributed by atoms with van der Waals surface area (Å²) >= 11 is 0. The minimum atomic E-state index is -0.141. The zero-order valence-electron chi connectivity index (χ0n) is 13.3. The molecule has 0 aromatic carbocycles. The molecule has 1 aromatic rings. The highest BCUT2D eigenvalue weighted by Crippen LogP contribution is 2.21. The average Bonchev–Trinajstić information content (AvgIpc) is 2.60. The molecule has 0 N–H and O–H groups in total. The predicted molar refractivity (Wildman–Crippen MR) is 83.5 cm³/mol. The minimum Gasteiger partial charge on any atom is -0.348 e. The number of carbonyl (C=O) groups excluding carboxylic acids is 1. The van der Waals surface area contributed by atoms with Crippen molar-refractivity contribution in [1.29, 1.82) is 5.26 Å². The van der Waals surface area contributed by atoms with Gasteiger partial charge in [-0.05, 0) is 43.9 Å². The summed E-state index contributed by atoms with van der Waals surface area (Å²) in [5, 5.41) is 9.27. The Morgan fingerprint density at radius 3 is 2.57 bits per heavy atom. The van der Waals surface area contributed by atoms with Gasteiger partial charge < -0.3 is 9.47 Å². The molecule has 0 aliphatic carbocycles. The van der Waals surface area contributed by atoms with Gasteiger partial charge in [0.05, 0.1) is 0 Å². The second-order valence-corrected chi connectivity index (χ2v) is 6.15. The molecule has 21 heavy (non-hydrogen) atoms. The quantitative estimate of drug-likeness (QED) is 0.631. The average molecular weight is 285 g/mol. The van der Waals surface area contributed by atoms with Gasteiger partial charge in [-0.25, -0.2) is 0 Å². The van der Waals surface area contributed by atoms with Crippen molar-refractivity contribution in [1.82, 2.24) is 9.47 Å². The largest absolute Gasteiger partial charge is 0.348 e. The fourth-order valence-corrected chi connectivity index (χ4v) is 2.61. The van der Waals surface area contributed by atoms with Crippen LogP contribution in [0, 0.1) is 31.1 Å². The summed E-state index contributed by atoms with van der Waals surface area (Å²) in [6.45, 7) is 11.0. The summed E-state index contributed by atoms with van der Waals surface area (Å²) in [7, 11) is 0. The highest BCUT2D eigenvalue weighted by molar-refractivity contribution is 6.02. The van der Waals surface area contributed by atoms with Crippen molar-refractivity contribution >= 4 is 12.0 Å². The van der Waals surface area contributed by atoms with Gasteiger partial charge in [-0.1, -0.05) is 13.8 Å². The molecule has 0 bridgehead atoms. The van der Waals surface area contributed by atoms with Gasteiger partial charge >= 0.3 is 0 Å². The number of nitrogens with zero attached hydrogens (tertiary/aromatic N) is 3. The maximum absolute atomic E-state index is 12.2. The third-order valence-corrected chi connectivity index (χ3v) is 3.95. The maximum atomic E-state index is 12.2. The number of rotatable bonds is 4. The minimum absolute atomic E-state index is 0.141. The van der Waals surface area contributed by atoms with Crippen molar-refractivity contribution < 1.29 is 4.79 Å². The van der Waals surface area contributed by atoms with Gasteiger partial charge in [-0.15, -0.1) is 0 Å². The molecule has 4 nitrogen and oxygen atoms in total. The number of aryl methyl sites for hydroxylation is 1. The van der Waals surface area contributed by atoms with Gasteiger partial charge in [-0.2, -0.15) is 5.26 Å². The van der Waals surface area contributed by atoms with Gasteiger partial charge in [0.1, 0.15) is 11.6 Å². The summed E-state index contributed by atoms with van der Waals surface area (Å²) in [5.41, 5.74) is 3.49. The molecule has 0 unspecified atom stereocenters. The van der Waals surface area contributed by atoms with Crippen molar-refractivity contribution in [2.75, 3.05) is 13.1 Å². The van der Waals surface area contributed by atoms with E-state index in [0.717, 1.165) is 37.3 Å². The van der Waals surface area contributed by atoms with Gasteiger partial charge in [0.15, 0.2) is 0 Å². The van der Waals surface area contributed by atoms with Crippen LogP contribution in [0.1, 0.15) is 37.2 Å². The van der Waals surface area contributed by atoms with E-state index in [9.17, 15) is 10.1 Å². The highest BCUT2D eigenvalue weighted by Gasteiger charge is 2.23. The first-order valence-electron chi connectivity index (χ1n) is 7.51. The highest BCUT2D eigenvalue weighted by atomic mass is 16.2. The number of likely N-dealkylation sites (tertiary alicyclic amines) is 1. The van der Waals surface area contributed by atoms with E-state index in [0.29, 0.717) is 5.92 Å². The second-order valence-electron chi connectivity index (χ2n) is 6.15. The van der Waals surface area contributed by atoms with Crippen LogP contribution in [0.2, 0.25) is 0 Å². The van der Waals surface area contributed by atoms with Crippen LogP contribution >= 0.6 is 0 Å². The molecule has 1 aromatic heterocycles. The lowest BCUT2D eigenvalue weighted by molar-refractivity contribution is -0.129. The predicted octanol–water partition coefficient (Wildman–Crippen LogP) is 2.90. The van der Waals surface area contributed by atoms with Crippen LogP contribution in [0.25, 0.3) is 6.08 Å². The van der Waals surface area contributed by atoms with Gasteiger partial charge in [0.25, 0.3) is 5.91 Å². The number of carbonyl (C=O) groups is 1. The molecule has 1 saturated heterocycles. The van der Waals surface area contributed by atoms with E-state index in [1.54, 1.807) is 11.0 Å². The van der Waals surface area contributed by atoms with Gasteiger partial charge in [-0.3, -0.25) is 4.79 Å². The van der Waals surface area contributed by atoms with E-state index in [1.807, 2.05) is 6.92 Å². The molecule has 1 aliphatic heterocycles. The fourth-order valence-electron chi connectivity index (χ4n) is 2.61. The lowest BCUT2D eigenvalue weighted by atomic mass is 10.1. The summed E-state index contributed by atoms with van der Waals surface area (Å²) < 4.78 is 2.25. The number of hydrogen-bond donors (Lipinski definition) is 0. The Morgan fingerprint density at radius 2 is 2.10 bits per heavy atom. The van der Waals surface area contributed by atoms with Crippen LogP contribution in [0.5, 0.6) is 0 Å². The Hall–Kier alpha value is -2.02. The Bertz CT molecular complexity index is 613. The van der Waals surface area contributed by atoms with Crippen LogP contribution in [0.15, 0.2) is 11.6 Å². The van der Waals surface area contributed by atoms with Crippen LogP contribution in [-0.4, -0.2) is 28.5 Å². The Labute approximate surface area is 126 Å². The van der Waals surface area contributed by atoms with Crippen LogP contribution < -0.4 is 0 Å². The SMILES string of the molecule is Cc1cc(/C=C(\C#N)C(=O)N2CCC2)c(C)n1CC(C)C. The lowest BCUT2D eigenvalue weighted by Crippen LogP contribution is -2.42. The van der Waals surface area contributed by atoms with E-state index < -0.39 is 0 Å². The first kappa shape index (κ1) is 15.4. The number of hydrogen-bond acceptors (Lipinski definition) is 2. The first-order chi connectivity index (χ1) is 9.93. The summed E-state index contributed by atoms with van der Waals surface area (Å²) in [4.78, 5) is 13.9. The first-order valence-corrected chi connectivity index (χ1v) is 7.51. The Kier molecular flexibility index (Phi) is 4.52. The van der Waals surface area contributed by atoms with E-state index in [1.165, 1.54) is 5.69 Å². The van der Waals surface area contributed by atoms with Crippen molar-refractivity contribution in [2.24, 2.45) is 5.92 Å². The lowest BCUT2D eigenvalue weighted by Gasteiger charge is -2.30. The van der Waals surface area contributed by atoms with Crippen LogP contribution in [0.4, 0.5) is 0 Å². The van der Waals surface area contributed by atoms with E-state index in [2.05, 4.69) is 37.5 Å². The molecule has 0 spiro atoms.